The Balaban J connectivity index is 0.00000253. The summed E-state index contributed by atoms with van der Waals surface area (Å²) < 4.78 is 0. The zero-order valence-electron chi connectivity index (χ0n) is 20.1. The maximum Gasteiger partial charge on any atom is 0.235 e. The fraction of sp³-hybridized carbons (Fsp3) is 0.517. The Bertz CT molecular complexity index is 1110. The maximum atomic E-state index is 13.5. The van der Waals surface area contributed by atoms with E-state index < -0.39 is 0 Å². The van der Waals surface area contributed by atoms with Crippen LogP contribution in [0.25, 0.3) is 0 Å². The van der Waals surface area contributed by atoms with Crippen LogP contribution in [-0.4, -0.2) is 42.9 Å². The van der Waals surface area contributed by atoms with Crippen LogP contribution in [0.1, 0.15) is 86.5 Å². The Kier molecular flexibility index (Phi) is 5.68. The summed E-state index contributed by atoms with van der Waals surface area (Å²) in [5.74, 6) is 0.428. The molecule has 1 saturated heterocycles. The van der Waals surface area contributed by atoms with Crippen molar-refractivity contribution in [1.29, 1.82) is 0 Å². The quantitative estimate of drug-likeness (QED) is 0.706. The summed E-state index contributed by atoms with van der Waals surface area (Å²) in [7, 11) is 1.64. The number of nitrogens with one attached hydrogen (secondary N) is 1. The molecule has 6 rings (SSSR count). The first-order valence-electron chi connectivity index (χ1n) is 13.1. The lowest BCUT2D eigenvalue weighted by molar-refractivity contribution is -0.126. The van der Waals surface area contributed by atoms with E-state index >= 15 is 0 Å². The van der Waals surface area contributed by atoms with Crippen molar-refractivity contribution in [3.05, 3.63) is 64.7 Å². The molecule has 2 aliphatic carbocycles. The van der Waals surface area contributed by atoms with Crippen LogP contribution in [0.5, 0.6) is 0 Å². The number of fused-ring (bicyclic) bond motifs is 1. The average Bonchev–Trinajstić information content (AvgIpc) is 3.16. The predicted octanol–water partition coefficient (Wildman–Crippen LogP) is 4.92. The molecule has 1 N–H and O–H groups in total. The number of anilines is 1. The largest absolute Gasteiger partial charge is 0.359 e. The number of aryl methyl sites for hydroxylation is 1. The van der Waals surface area contributed by atoms with Gasteiger partial charge in [0.2, 0.25) is 11.8 Å². The van der Waals surface area contributed by atoms with E-state index in [1.807, 2.05) is 23.1 Å². The number of piperidine rings is 1. The van der Waals surface area contributed by atoms with E-state index in [9.17, 15) is 9.59 Å². The number of hydrogen-bond acceptors (Lipinski definition) is 3. The summed E-state index contributed by atoms with van der Waals surface area (Å²) in [6.45, 7) is 2.05. The molecule has 1 fully saturated rings. The lowest BCUT2D eigenvalue weighted by Gasteiger charge is -2.45. The molecule has 5 nitrogen and oxygen atoms in total. The Labute approximate surface area is 204 Å². The molecule has 2 unspecified atom stereocenters. The smallest absolute Gasteiger partial charge is 0.235 e. The molecule has 180 valence electrons. The molecule has 2 aromatic carbocycles. The molecular formula is C29H37N3O2. The van der Waals surface area contributed by atoms with Gasteiger partial charge in [-0.3, -0.25) is 14.5 Å². The number of carbonyl (C=O) groups excluding carboxylic acids is 2. The Morgan fingerprint density at radius 2 is 1.79 bits per heavy atom. The number of likely N-dealkylation sites (tertiary alicyclic amines) is 1. The van der Waals surface area contributed by atoms with Gasteiger partial charge in [-0.2, -0.15) is 0 Å². The highest BCUT2D eigenvalue weighted by molar-refractivity contribution is 6.07. The van der Waals surface area contributed by atoms with Crippen molar-refractivity contribution in [1.82, 2.24) is 10.2 Å². The van der Waals surface area contributed by atoms with Crippen LogP contribution < -0.4 is 10.2 Å². The minimum atomic E-state index is -0.361. The van der Waals surface area contributed by atoms with E-state index in [1.165, 1.54) is 32.1 Å². The van der Waals surface area contributed by atoms with Crippen LogP contribution in [0.4, 0.5) is 5.69 Å². The molecule has 2 heterocycles. The highest BCUT2D eigenvalue weighted by Crippen LogP contribution is 2.48. The maximum absolute atomic E-state index is 13.5. The number of rotatable bonds is 4. The number of hydrogen-bond donors (Lipinski definition) is 1. The average molecular weight is 460 g/mol. The number of para-hydroxylation sites is 1. The summed E-state index contributed by atoms with van der Waals surface area (Å²) in [5.41, 5.74) is 6.87. The zero-order chi connectivity index (χ0) is 23.2. The summed E-state index contributed by atoms with van der Waals surface area (Å²) in [6, 6.07) is 15.8. The molecule has 0 saturated carbocycles. The predicted molar refractivity (Wildman–Crippen MR) is 136 cm³/mol. The van der Waals surface area contributed by atoms with E-state index in [-0.39, 0.29) is 31.6 Å². The van der Waals surface area contributed by atoms with Gasteiger partial charge < -0.3 is 10.2 Å². The van der Waals surface area contributed by atoms with E-state index in [0.717, 1.165) is 43.1 Å². The van der Waals surface area contributed by atoms with Gasteiger partial charge in [-0.05, 0) is 79.2 Å². The van der Waals surface area contributed by atoms with Crippen molar-refractivity contribution in [3.63, 3.8) is 0 Å². The number of amides is 2. The van der Waals surface area contributed by atoms with Gasteiger partial charge in [0, 0.05) is 45.8 Å². The molecule has 2 aromatic rings. The standard InChI is InChI=1S/C29H35N3O2.H2/c1-30-27(33)18-24-22-9-2-3-11-26(22)32(29(24)34)21-14-16-31(17-15-21)25-13-12-20-7-4-6-19-8-5-10-23(25)28(19)20;/h2-3,5,8-11,20-21,24-25H,4,6-7,12-18H2,1H3,(H,30,33);1H/t20-,24?,25?;/m1./s1. The van der Waals surface area contributed by atoms with Crippen molar-refractivity contribution in [2.75, 3.05) is 25.0 Å². The van der Waals surface area contributed by atoms with Crippen LogP contribution in [0.15, 0.2) is 42.5 Å². The van der Waals surface area contributed by atoms with Crippen LogP contribution in [0, 0.1) is 0 Å². The van der Waals surface area contributed by atoms with Gasteiger partial charge in [0.25, 0.3) is 0 Å². The van der Waals surface area contributed by atoms with Gasteiger partial charge >= 0.3 is 0 Å². The van der Waals surface area contributed by atoms with Crippen LogP contribution in [0.3, 0.4) is 0 Å². The van der Waals surface area contributed by atoms with Crippen LogP contribution in [0.2, 0.25) is 0 Å². The first-order chi connectivity index (χ1) is 16.7. The molecule has 0 aromatic heterocycles. The second-order valence-corrected chi connectivity index (χ2v) is 10.6. The monoisotopic (exact) mass is 459 g/mol. The van der Waals surface area contributed by atoms with Crippen molar-refractivity contribution < 1.29 is 11.0 Å². The third-order valence-electron chi connectivity index (χ3n) is 8.87. The summed E-state index contributed by atoms with van der Waals surface area (Å²) in [6.07, 6.45) is 8.70. The van der Waals surface area contributed by atoms with Crippen LogP contribution >= 0.6 is 0 Å². The molecule has 0 bridgehead atoms. The third kappa shape index (κ3) is 3.56. The SMILES string of the molecule is CNC(=O)CC1C(=O)N(C2CCN(C3CC[C@H]4CCCc5cccc3c54)CC2)c2ccccc21.[HH]. The molecule has 0 spiro atoms. The molecule has 2 amide bonds. The molecular weight excluding hydrogens is 422 g/mol. The van der Waals surface area contributed by atoms with Gasteiger partial charge in [0.15, 0.2) is 0 Å². The Morgan fingerprint density at radius 1 is 1.00 bits per heavy atom. The lowest BCUT2D eigenvalue weighted by atomic mass is 9.71. The fourth-order valence-electron chi connectivity index (χ4n) is 7.24. The number of carbonyl (C=O) groups is 2. The topological polar surface area (TPSA) is 52.7 Å². The van der Waals surface area contributed by atoms with E-state index in [1.54, 1.807) is 23.7 Å². The first kappa shape index (κ1) is 21.8. The number of nitrogens with zero attached hydrogens (tertiary/aromatic N) is 2. The highest BCUT2D eigenvalue weighted by Gasteiger charge is 2.43. The summed E-state index contributed by atoms with van der Waals surface area (Å²) in [5, 5.41) is 2.69. The van der Waals surface area contributed by atoms with Gasteiger partial charge in [0.1, 0.15) is 0 Å². The Hall–Kier alpha value is -2.66. The third-order valence-corrected chi connectivity index (χ3v) is 8.87. The molecule has 34 heavy (non-hydrogen) atoms. The first-order valence-corrected chi connectivity index (χ1v) is 13.1. The van der Waals surface area contributed by atoms with Crippen molar-refractivity contribution in [2.45, 2.75) is 75.3 Å². The van der Waals surface area contributed by atoms with Gasteiger partial charge in [-0.1, -0.05) is 36.4 Å². The number of benzene rings is 2. The lowest BCUT2D eigenvalue weighted by Crippen LogP contribution is -2.48. The molecule has 3 atom stereocenters. The minimum Gasteiger partial charge on any atom is -0.359 e. The summed E-state index contributed by atoms with van der Waals surface area (Å²) >= 11 is 0. The summed E-state index contributed by atoms with van der Waals surface area (Å²) in [4.78, 5) is 30.3. The normalized spacial score (nSPS) is 26.8. The minimum absolute atomic E-state index is 0. The van der Waals surface area contributed by atoms with Crippen molar-refractivity contribution in [2.24, 2.45) is 0 Å². The van der Waals surface area contributed by atoms with Crippen molar-refractivity contribution >= 4 is 17.5 Å². The highest BCUT2D eigenvalue weighted by atomic mass is 16.2. The second-order valence-electron chi connectivity index (χ2n) is 10.6. The van der Waals surface area contributed by atoms with Crippen LogP contribution in [-0.2, 0) is 16.0 Å². The van der Waals surface area contributed by atoms with Gasteiger partial charge in [-0.15, -0.1) is 0 Å². The van der Waals surface area contributed by atoms with E-state index in [4.69, 9.17) is 0 Å². The van der Waals surface area contributed by atoms with E-state index in [2.05, 4.69) is 34.5 Å². The van der Waals surface area contributed by atoms with Gasteiger partial charge in [0.05, 0.1) is 5.92 Å². The molecule has 0 radical (unpaired) electrons. The van der Waals surface area contributed by atoms with Gasteiger partial charge in [-0.25, -0.2) is 0 Å². The fourth-order valence-corrected chi connectivity index (χ4v) is 7.24. The van der Waals surface area contributed by atoms with E-state index in [0.29, 0.717) is 6.04 Å². The molecule has 4 aliphatic rings. The van der Waals surface area contributed by atoms with Crippen molar-refractivity contribution in [3.8, 4) is 0 Å². The molecule has 2 aliphatic heterocycles. The zero-order valence-corrected chi connectivity index (χ0v) is 20.1. The molecule has 5 heteroatoms. The second kappa shape index (κ2) is 8.84. The Morgan fingerprint density at radius 3 is 2.62 bits per heavy atom.